The SMILES string of the molecule is O=C(O)C(=O)NC1(C(=O)O)CCCC1. The lowest BCUT2D eigenvalue weighted by atomic mass is 9.98. The molecule has 1 aliphatic carbocycles. The third-order valence-corrected chi connectivity index (χ3v) is 2.41. The molecule has 0 aromatic rings. The minimum Gasteiger partial charge on any atom is -0.480 e. The summed E-state index contributed by atoms with van der Waals surface area (Å²) in [5, 5.41) is 19.3. The second kappa shape index (κ2) is 3.65. The van der Waals surface area contributed by atoms with Crippen molar-refractivity contribution in [2.24, 2.45) is 0 Å². The largest absolute Gasteiger partial charge is 0.480 e. The van der Waals surface area contributed by atoms with Crippen molar-refractivity contribution in [3.05, 3.63) is 0 Å². The molecule has 3 N–H and O–H groups in total. The predicted octanol–water partition coefficient (Wildman–Crippen LogP) is -0.415. The van der Waals surface area contributed by atoms with Gasteiger partial charge in [0.2, 0.25) is 0 Å². The minimum absolute atomic E-state index is 0.293. The van der Waals surface area contributed by atoms with Crippen molar-refractivity contribution in [1.82, 2.24) is 5.32 Å². The Labute approximate surface area is 79.9 Å². The highest BCUT2D eigenvalue weighted by atomic mass is 16.4. The summed E-state index contributed by atoms with van der Waals surface area (Å²) in [5.74, 6) is -4.07. The van der Waals surface area contributed by atoms with E-state index in [1.165, 1.54) is 0 Å². The lowest BCUT2D eigenvalue weighted by Crippen LogP contribution is -2.54. The first kappa shape index (κ1) is 10.5. The molecule has 0 aliphatic heterocycles. The zero-order chi connectivity index (χ0) is 10.8. The summed E-state index contributed by atoms with van der Waals surface area (Å²) in [6.07, 6.45) is 1.96. The van der Waals surface area contributed by atoms with Crippen LogP contribution in [0.4, 0.5) is 0 Å². The molecule has 6 nitrogen and oxygen atoms in total. The van der Waals surface area contributed by atoms with Crippen molar-refractivity contribution in [3.63, 3.8) is 0 Å². The summed E-state index contributed by atoms with van der Waals surface area (Å²) in [6, 6.07) is 0. The average Bonchev–Trinajstić information content (AvgIpc) is 2.53. The molecule has 0 aromatic carbocycles. The Morgan fingerprint density at radius 3 is 1.93 bits per heavy atom. The second-order valence-electron chi connectivity index (χ2n) is 3.35. The highest BCUT2D eigenvalue weighted by Crippen LogP contribution is 2.29. The summed E-state index contributed by atoms with van der Waals surface area (Å²) in [4.78, 5) is 32.0. The summed E-state index contributed by atoms with van der Waals surface area (Å²) in [7, 11) is 0. The van der Waals surface area contributed by atoms with Crippen LogP contribution < -0.4 is 5.32 Å². The average molecular weight is 201 g/mol. The summed E-state index contributed by atoms with van der Waals surface area (Å²) in [6.45, 7) is 0. The van der Waals surface area contributed by atoms with Gasteiger partial charge in [0.1, 0.15) is 5.54 Å². The predicted molar refractivity (Wildman–Crippen MR) is 44.6 cm³/mol. The van der Waals surface area contributed by atoms with Crippen molar-refractivity contribution < 1.29 is 24.6 Å². The molecule has 0 aromatic heterocycles. The molecule has 0 unspecified atom stereocenters. The number of carboxylic acids is 2. The van der Waals surface area contributed by atoms with Gasteiger partial charge in [-0.15, -0.1) is 0 Å². The highest BCUT2D eigenvalue weighted by molar-refractivity contribution is 6.32. The van der Waals surface area contributed by atoms with Crippen LogP contribution in [-0.2, 0) is 14.4 Å². The van der Waals surface area contributed by atoms with E-state index in [1.54, 1.807) is 0 Å². The van der Waals surface area contributed by atoms with Crippen LogP contribution in [0.1, 0.15) is 25.7 Å². The van der Waals surface area contributed by atoms with Crippen LogP contribution in [0, 0.1) is 0 Å². The molecule has 0 radical (unpaired) electrons. The maximum Gasteiger partial charge on any atom is 0.394 e. The van der Waals surface area contributed by atoms with E-state index in [2.05, 4.69) is 5.32 Å². The van der Waals surface area contributed by atoms with Crippen LogP contribution >= 0.6 is 0 Å². The Morgan fingerprint density at radius 2 is 1.57 bits per heavy atom. The number of carboxylic acid groups (broad SMARTS) is 2. The molecule has 0 heterocycles. The van der Waals surface area contributed by atoms with Crippen LogP contribution in [0.5, 0.6) is 0 Å². The Bertz CT molecular complexity index is 279. The van der Waals surface area contributed by atoms with Crippen LogP contribution in [0.15, 0.2) is 0 Å². The second-order valence-corrected chi connectivity index (χ2v) is 3.35. The topological polar surface area (TPSA) is 104 Å². The van der Waals surface area contributed by atoms with Gasteiger partial charge in [-0.1, -0.05) is 12.8 Å². The first-order valence-corrected chi connectivity index (χ1v) is 4.27. The highest BCUT2D eigenvalue weighted by Gasteiger charge is 2.43. The van der Waals surface area contributed by atoms with Gasteiger partial charge >= 0.3 is 17.8 Å². The number of rotatable bonds is 2. The van der Waals surface area contributed by atoms with Gasteiger partial charge in [-0.05, 0) is 12.8 Å². The number of nitrogens with one attached hydrogen (secondary N) is 1. The van der Waals surface area contributed by atoms with Gasteiger partial charge in [-0.25, -0.2) is 9.59 Å². The normalized spacial score (nSPS) is 18.9. The van der Waals surface area contributed by atoms with Crippen LogP contribution in [0.25, 0.3) is 0 Å². The minimum atomic E-state index is -1.66. The molecule has 0 spiro atoms. The van der Waals surface area contributed by atoms with Gasteiger partial charge in [-0.2, -0.15) is 0 Å². The maximum absolute atomic E-state index is 10.9. The molecule has 1 amide bonds. The van der Waals surface area contributed by atoms with E-state index in [1.807, 2.05) is 0 Å². The number of carbonyl (C=O) groups is 3. The van der Waals surface area contributed by atoms with Crippen molar-refractivity contribution >= 4 is 17.8 Å². The van der Waals surface area contributed by atoms with E-state index in [-0.39, 0.29) is 0 Å². The molecular weight excluding hydrogens is 190 g/mol. The van der Waals surface area contributed by atoms with E-state index in [4.69, 9.17) is 10.2 Å². The number of hydrogen-bond acceptors (Lipinski definition) is 3. The lowest BCUT2D eigenvalue weighted by molar-refractivity contribution is -0.154. The van der Waals surface area contributed by atoms with Crippen LogP contribution in [-0.4, -0.2) is 33.6 Å². The number of aliphatic carboxylic acids is 2. The Kier molecular flexibility index (Phi) is 2.73. The third-order valence-electron chi connectivity index (χ3n) is 2.41. The molecule has 6 heteroatoms. The van der Waals surface area contributed by atoms with E-state index in [9.17, 15) is 14.4 Å². The van der Waals surface area contributed by atoms with E-state index < -0.39 is 23.4 Å². The van der Waals surface area contributed by atoms with Crippen molar-refractivity contribution in [2.45, 2.75) is 31.2 Å². The fraction of sp³-hybridized carbons (Fsp3) is 0.625. The molecule has 14 heavy (non-hydrogen) atoms. The number of hydrogen-bond donors (Lipinski definition) is 3. The molecule has 0 bridgehead atoms. The van der Waals surface area contributed by atoms with Gasteiger partial charge < -0.3 is 15.5 Å². The third kappa shape index (κ3) is 1.84. The molecular formula is C8H11NO5. The Hall–Kier alpha value is -1.59. The number of amides is 1. The standard InChI is InChI=1S/C8H11NO5/c10-5(6(11)12)9-8(7(13)14)3-1-2-4-8/h1-4H2,(H,9,10)(H,11,12)(H,13,14). The maximum atomic E-state index is 10.9. The Balaban J connectivity index is 2.75. The van der Waals surface area contributed by atoms with Crippen molar-refractivity contribution in [2.75, 3.05) is 0 Å². The fourth-order valence-electron chi connectivity index (χ4n) is 1.64. The zero-order valence-corrected chi connectivity index (χ0v) is 7.45. The molecule has 1 fully saturated rings. The van der Waals surface area contributed by atoms with Gasteiger partial charge in [-0.3, -0.25) is 4.79 Å². The van der Waals surface area contributed by atoms with E-state index in [0.29, 0.717) is 25.7 Å². The van der Waals surface area contributed by atoms with Crippen LogP contribution in [0.2, 0.25) is 0 Å². The van der Waals surface area contributed by atoms with Gasteiger partial charge in [0.25, 0.3) is 0 Å². The molecule has 1 saturated carbocycles. The molecule has 0 atom stereocenters. The molecule has 78 valence electrons. The molecule has 0 saturated heterocycles. The van der Waals surface area contributed by atoms with E-state index >= 15 is 0 Å². The zero-order valence-electron chi connectivity index (χ0n) is 7.45. The number of carbonyl (C=O) groups excluding carboxylic acids is 1. The van der Waals surface area contributed by atoms with E-state index in [0.717, 1.165) is 0 Å². The van der Waals surface area contributed by atoms with Crippen molar-refractivity contribution in [3.8, 4) is 0 Å². The summed E-state index contributed by atoms with van der Waals surface area (Å²) >= 11 is 0. The summed E-state index contributed by atoms with van der Waals surface area (Å²) < 4.78 is 0. The van der Waals surface area contributed by atoms with Gasteiger partial charge in [0.05, 0.1) is 0 Å². The first-order chi connectivity index (χ1) is 6.48. The lowest BCUT2D eigenvalue weighted by Gasteiger charge is -2.23. The monoisotopic (exact) mass is 201 g/mol. The Morgan fingerprint density at radius 1 is 1.07 bits per heavy atom. The molecule has 1 aliphatic rings. The van der Waals surface area contributed by atoms with Crippen molar-refractivity contribution in [1.29, 1.82) is 0 Å². The van der Waals surface area contributed by atoms with Gasteiger partial charge in [0.15, 0.2) is 0 Å². The van der Waals surface area contributed by atoms with Crippen LogP contribution in [0.3, 0.4) is 0 Å². The van der Waals surface area contributed by atoms with Gasteiger partial charge in [0, 0.05) is 0 Å². The quantitative estimate of drug-likeness (QED) is 0.526. The fourth-order valence-corrected chi connectivity index (χ4v) is 1.64. The smallest absolute Gasteiger partial charge is 0.394 e. The molecule has 1 rings (SSSR count). The first-order valence-electron chi connectivity index (χ1n) is 4.27. The summed E-state index contributed by atoms with van der Waals surface area (Å²) in [5.41, 5.74) is -1.37.